The highest BCUT2D eigenvalue weighted by atomic mass is 32.1. The molecule has 1 amide bonds. The number of thiazole rings is 1. The fourth-order valence-electron chi connectivity index (χ4n) is 4.69. The van der Waals surface area contributed by atoms with E-state index in [1.165, 1.54) is 5.56 Å². The van der Waals surface area contributed by atoms with Gasteiger partial charge in [0, 0.05) is 42.8 Å². The highest BCUT2D eigenvalue weighted by Crippen LogP contribution is 2.35. The van der Waals surface area contributed by atoms with Crippen LogP contribution in [-0.4, -0.2) is 57.8 Å². The van der Waals surface area contributed by atoms with Crippen molar-refractivity contribution in [3.05, 3.63) is 75.6 Å². The highest BCUT2D eigenvalue weighted by molar-refractivity contribution is 7.09. The lowest BCUT2D eigenvalue weighted by Crippen LogP contribution is -2.30. The van der Waals surface area contributed by atoms with Crippen LogP contribution in [0.2, 0.25) is 0 Å². The minimum atomic E-state index is -0.0593. The molecular weight excluding hydrogens is 500 g/mol. The van der Waals surface area contributed by atoms with Crippen LogP contribution in [0.5, 0.6) is 0 Å². The zero-order chi connectivity index (χ0) is 26.5. The number of likely N-dealkylation sites (tertiary alicyclic amines) is 1. The molecular formula is C28H32N6O3S. The normalized spacial score (nSPS) is 16.1. The highest BCUT2D eigenvalue weighted by Gasteiger charge is 2.33. The van der Waals surface area contributed by atoms with Gasteiger partial charge in [0.1, 0.15) is 16.5 Å². The van der Waals surface area contributed by atoms with Gasteiger partial charge in [-0.25, -0.2) is 9.97 Å². The van der Waals surface area contributed by atoms with Gasteiger partial charge in [-0.2, -0.15) is 0 Å². The third-order valence-electron chi connectivity index (χ3n) is 6.59. The number of amides is 1. The summed E-state index contributed by atoms with van der Waals surface area (Å²) in [6.07, 6.45) is 2.63. The van der Waals surface area contributed by atoms with Gasteiger partial charge in [0.25, 0.3) is 11.8 Å². The monoisotopic (exact) mass is 532 g/mol. The average Bonchev–Trinajstić information content (AvgIpc) is 3.70. The molecule has 2 atom stereocenters. The molecule has 1 fully saturated rings. The fraction of sp³-hybridized carbons (Fsp3) is 0.393. The Kier molecular flexibility index (Phi) is 8.09. The summed E-state index contributed by atoms with van der Waals surface area (Å²) in [6, 6.07) is 13.7. The van der Waals surface area contributed by atoms with Crippen LogP contribution in [0.1, 0.15) is 64.2 Å². The maximum absolute atomic E-state index is 13.8. The lowest BCUT2D eigenvalue weighted by molar-refractivity contribution is 0.0735. The van der Waals surface area contributed by atoms with E-state index in [0.717, 1.165) is 30.0 Å². The zero-order valence-electron chi connectivity index (χ0n) is 21.9. The first-order chi connectivity index (χ1) is 18.5. The summed E-state index contributed by atoms with van der Waals surface area (Å²) in [4.78, 5) is 25.0. The van der Waals surface area contributed by atoms with Crippen LogP contribution >= 0.6 is 11.3 Å². The van der Waals surface area contributed by atoms with Crippen molar-refractivity contribution in [2.45, 2.75) is 45.1 Å². The number of anilines is 1. The van der Waals surface area contributed by atoms with E-state index in [1.807, 2.05) is 35.4 Å². The standard InChI is InChI=1S/C28H32N6O3S/c1-18(14-20-8-5-4-6-9-20)25-32-33-26(37-25)22-15-21(16-24(31-22)29-11-13-36-3)28(35)34-12-7-10-23(34)27-30-19(2)17-38-27/h4-6,8-9,15-18,23H,7,10-14H2,1-3H3,(H,29,31). The molecule has 10 heteroatoms. The Hall–Kier alpha value is -3.63. The second-order valence-electron chi connectivity index (χ2n) is 9.57. The Morgan fingerprint density at radius 3 is 2.84 bits per heavy atom. The number of ether oxygens (including phenoxy) is 1. The largest absolute Gasteiger partial charge is 0.419 e. The number of rotatable bonds is 10. The summed E-state index contributed by atoms with van der Waals surface area (Å²) < 4.78 is 11.2. The van der Waals surface area contributed by atoms with E-state index >= 15 is 0 Å². The molecule has 1 N–H and O–H groups in total. The number of carbonyl (C=O) groups excluding carboxylic acids is 1. The predicted molar refractivity (Wildman–Crippen MR) is 146 cm³/mol. The van der Waals surface area contributed by atoms with Crippen molar-refractivity contribution < 1.29 is 13.9 Å². The molecule has 1 aliphatic rings. The van der Waals surface area contributed by atoms with Crippen molar-refractivity contribution in [1.29, 1.82) is 0 Å². The van der Waals surface area contributed by atoms with Crippen LogP contribution in [0.4, 0.5) is 5.82 Å². The number of aromatic nitrogens is 4. The second kappa shape index (κ2) is 11.8. The number of methoxy groups -OCH3 is 1. The third-order valence-corrected chi connectivity index (χ3v) is 7.65. The van der Waals surface area contributed by atoms with Gasteiger partial charge in [-0.15, -0.1) is 21.5 Å². The van der Waals surface area contributed by atoms with Crippen molar-refractivity contribution in [3.8, 4) is 11.6 Å². The summed E-state index contributed by atoms with van der Waals surface area (Å²) in [5.74, 6) is 1.36. The first-order valence-electron chi connectivity index (χ1n) is 12.9. The van der Waals surface area contributed by atoms with Crippen molar-refractivity contribution >= 4 is 23.1 Å². The van der Waals surface area contributed by atoms with Gasteiger partial charge in [-0.05, 0) is 43.9 Å². The number of benzene rings is 1. The Balaban J connectivity index is 1.42. The van der Waals surface area contributed by atoms with E-state index in [-0.39, 0.29) is 23.8 Å². The smallest absolute Gasteiger partial charge is 0.266 e. The Labute approximate surface area is 226 Å². The molecule has 4 heterocycles. The van der Waals surface area contributed by atoms with E-state index in [4.69, 9.17) is 9.15 Å². The van der Waals surface area contributed by atoms with E-state index in [2.05, 4.69) is 44.5 Å². The molecule has 4 aromatic rings. The topological polar surface area (TPSA) is 106 Å². The summed E-state index contributed by atoms with van der Waals surface area (Å²) >= 11 is 1.61. The molecule has 0 aliphatic carbocycles. The molecule has 1 aliphatic heterocycles. The van der Waals surface area contributed by atoms with E-state index < -0.39 is 0 Å². The van der Waals surface area contributed by atoms with Gasteiger partial charge in [-0.1, -0.05) is 37.3 Å². The molecule has 0 saturated carbocycles. The van der Waals surface area contributed by atoms with Gasteiger partial charge >= 0.3 is 0 Å². The molecule has 198 valence electrons. The molecule has 1 saturated heterocycles. The molecule has 0 radical (unpaired) electrons. The van der Waals surface area contributed by atoms with Gasteiger partial charge in [0.2, 0.25) is 5.89 Å². The van der Waals surface area contributed by atoms with Gasteiger partial charge in [0.15, 0.2) is 0 Å². The zero-order valence-corrected chi connectivity index (χ0v) is 22.7. The van der Waals surface area contributed by atoms with Crippen molar-refractivity contribution in [2.24, 2.45) is 0 Å². The lowest BCUT2D eigenvalue weighted by Gasteiger charge is -2.23. The number of nitrogens with zero attached hydrogens (tertiary/aromatic N) is 5. The Bertz CT molecular complexity index is 1370. The quantitative estimate of drug-likeness (QED) is 0.275. The number of hydrogen-bond donors (Lipinski definition) is 1. The minimum absolute atomic E-state index is 0.0171. The summed E-state index contributed by atoms with van der Waals surface area (Å²) in [5, 5.41) is 14.8. The first kappa shape index (κ1) is 26.0. The Morgan fingerprint density at radius 1 is 1.24 bits per heavy atom. The van der Waals surface area contributed by atoms with Crippen molar-refractivity contribution in [3.63, 3.8) is 0 Å². The van der Waals surface area contributed by atoms with Gasteiger partial charge in [0.05, 0.1) is 12.6 Å². The van der Waals surface area contributed by atoms with E-state index in [9.17, 15) is 4.79 Å². The molecule has 2 unspecified atom stereocenters. The number of pyridine rings is 1. The fourth-order valence-corrected chi connectivity index (χ4v) is 5.63. The van der Waals surface area contributed by atoms with E-state index in [1.54, 1.807) is 30.6 Å². The van der Waals surface area contributed by atoms with Crippen LogP contribution in [0.15, 0.2) is 52.3 Å². The van der Waals surface area contributed by atoms with Crippen LogP contribution in [0.25, 0.3) is 11.6 Å². The predicted octanol–water partition coefficient (Wildman–Crippen LogP) is 5.28. The molecule has 3 aromatic heterocycles. The van der Waals surface area contributed by atoms with Crippen molar-refractivity contribution in [2.75, 3.05) is 32.1 Å². The lowest BCUT2D eigenvalue weighted by atomic mass is 10.0. The second-order valence-corrected chi connectivity index (χ2v) is 10.5. The van der Waals surface area contributed by atoms with E-state index in [0.29, 0.717) is 42.7 Å². The van der Waals surface area contributed by atoms with Gasteiger partial charge in [-0.3, -0.25) is 4.79 Å². The molecule has 38 heavy (non-hydrogen) atoms. The number of carbonyl (C=O) groups is 1. The number of hydrogen-bond acceptors (Lipinski definition) is 9. The maximum atomic E-state index is 13.8. The van der Waals surface area contributed by atoms with Crippen LogP contribution < -0.4 is 5.32 Å². The first-order valence-corrected chi connectivity index (χ1v) is 13.8. The SMILES string of the molecule is COCCNc1cc(C(=O)N2CCCC2c2nc(C)cs2)cc(-c2nnc(C(C)Cc3ccccc3)o2)n1. The molecule has 0 bridgehead atoms. The number of nitrogens with one attached hydrogen (secondary N) is 1. The maximum Gasteiger partial charge on any atom is 0.266 e. The third kappa shape index (κ3) is 5.92. The molecule has 0 spiro atoms. The minimum Gasteiger partial charge on any atom is -0.419 e. The molecule has 5 rings (SSSR count). The Morgan fingerprint density at radius 2 is 2.08 bits per heavy atom. The van der Waals surface area contributed by atoms with Crippen molar-refractivity contribution in [1.82, 2.24) is 25.1 Å². The van der Waals surface area contributed by atoms with Crippen LogP contribution in [0, 0.1) is 6.92 Å². The molecule has 9 nitrogen and oxygen atoms in total. The summed E-state index contributed by atoms with van der Waals surface area (Å²) in [6.45, 7) is 5.79. The summed E-state index contributed by atoms with van der Waals surface area (Å²) in [7, 11) is 1.64. The van der Waals surface area contributed by atoms with Gasteiger partial charge < -0.3 is 19.4 Å². The summed E-state index contributed by atoms with van der Waals surface area (Å²) in [5.41, 5.74) is 3.16. The molecule has 1 aromatic carbocycles. The van der Waals surface area contributed by atoms with Crippen LogP contribution in [0.3, 0.4) is 0 Å². The van der Waals surface area contributed by atoms with Crippen LogP contribution in [-0.2, 0) is 11.2 Å². The number of aryl methyl sites for hydroxylation is 1. The average molecular weight is 533 g/mol.